The van der Waals surface area contributed by atoms with E-state index in [2.05, 4.69) is 6.58 Å². The maximum atomic E-state index is 12.3. The molecule has 0 amide bonds. The smallest absolute Gasteiger partial charge is 0.169 e. The van der Waals surface area contributed by atoms with Crippen molar-refractivity contribution < 1.29 is 23.7 Å². The molecule has 0 bridgehead atoms. The first kappa shape index (κ1) is 19.1. The summed E-state index contributed by atoms with van der Waals surface area (Å²) in [5, 5.41) is 8.48. The summed E-state index contributed by atoms with van der Waals surface area (Å²) in [6.07, 6.45) is 0.730. The van der Waals surface area contributed by atoms with Crippen molar-refractivity contribution in [2.75, 3.05) is 46.5 Å². The molecule has 0 aromatic carbocycles. The Balaban J connectivity index is 4.67. The van der Waals surface area contributed by atoms with E-state index in [0.717, 1.165) is 0 Å². The number of ether oxygens (including phenoxy) is 2. The molecule has 0 aliphatic rings. The second kappa shape index (κ2) is 7.19. The van der Waals surface area contributed by atoms with Gasteiger partial charge < -0.3 is 23.7 Å². The molecule has 0 aromatic rings. The van der Waals surface area contributed by atoms with Crippen molar-refractivity contribution >= 4 is 14.3 Å². The Bertz CT molecular complexity index is 360. The second-order valence-electron chi connectivity index (χ2n) is 5.43. The number of rotatable bonds is 9. The van der Waals surface area contributed by atoms with Crippen molar-refractivity contribution in [1.29, 1.82) is 0 Å². The van der Waals surface area contributed by atoms with E-state index in [0.29, 0.717) is 6.61 Å². The van der Waals surface area contributed by atoms with E-state index in [9.17, 15) is 14.2 Å². The van der Waals surface area contributed by atoms with Gasteiger partial charge in [0.15, 0.2) is 5.08 Å². The molecule has 0 aliphatic heterocycles. The molecule has 19 heavy (non-hydrogen) atoms. The van der Waals surface area contributed by atoms with E-state index in [4.69, 9.17) is 9.47 Å². The van der Waals surface area contributed by atoms with Crippen LogP contribution in [0.3, 0.4) is 0 Å². The highest BCUT2D eigenvalue weighted by molar-refractivity contribution is 7.81. The van der Waals surface area contributed by atoms with Crippen LogP contribution in [0.4, 0.5) is 0 Å². The number of aliphatic hydroxyl groups excluding tert-OH is 1. The van der Waals surface area contributed by atoms with Crippen LogP contribution in [-0.2, 0) is 18.6 Å². The first-order valence-corrected chi connectivity index (χ1v) is 11.3. The molecule has 0 heterocycles. The topological polar surface area (TPSA) is 72.8 Å². The summed E-state index contributed by atoms with van der Waals surface area (Å²) in [7, 11) is -5.50. The molecule has 0 spiro atoms. The van der Waals surface area contributed by atoms with Gasteiger partial charge in [-0.25, -0.2) is 0 Å². The molecule has 0 radical (unpaired) electrons. The molecular weight excluding hydrogens is 286 g/mol. The first-order valence-electron chi connectivity index (χ1n) is 6.06. The highest BCUT2D eigenvalue weighted by Crippen LogP contribution is 2.70. The highest BCUT2D eigenvalue weighted by atomic mass is 31.2. The lowest BCUT2D eigenvalue weighted by Gasteiger charge is -2.37. The maximum Gasteiger partial charge on any atom is 0.169 e. The number of hydrogen-bond donors (Lipinski definition) is 1. The molecule has 1 N–H and O–H groups in total. The van der Waals surface area contributed by atoms with Crippen molar-refractivity contribution in [3.63, 3.8) is 0 Å². The van der Waals surface area contributed by atoms with E-state index in [1.54, 1.807) is 39.7 Å². The Labute approximate surface area is 116 Å². The molecular formula is C12H26O5P2. The Morgan fingerprint density at radius 3 is 2.05 bits per heavy atom. The lowest BCUT2D eigenvalue weighted by atomic mass is 10.4. The summed E-state index contributed by atoms with van der Waals surface area (Å²) in [6.45, 7) is 11.7. The van der Waals surface area contributed by atoms with Gasteiger partial charge in [-0.2, -0.15) is 0 Å². The van der Waals surface area contributed by atoms with Crippen molar-refractivity contribution in [1.82, 2.24) is 0 Å². The zero-order valence-corrected chi connectivity index (χ0v) is 14.2. The molecule has 0 aromatic heterocycles. The van der Waals surface area contributed by atoms with Crippen LogP contribution in [0.2, 0.25) is 0 Å². The molecule has 5 nitrogen and oxygen atoms in total. The quantitative estimate of drug-likeness (QED) is 0.402. The van der Waals surface area contributed by atoms with E-state index >= 15 is 0 Å². The third kappa shape index (κ3) is 5.53. The molecule has 0 saturated heterocycles. The molecule has 0 fully saturated rings. The lowest BCUT2D eigenvalue weighted by Crippen LogP contribution is -2.33. The fraction of sp³-hybridized carbons (Fsp3) is 0.833. The van der Waals surface area contributed by atoms with Crippen molar-refractivity contribution in [2.45, 2.75) is 18.1 Å². The lowest BCUT2D eigenvalue weighted by molar-refractivity contribution is -0.0287. The van der Waals surface area contributed by atoms with E-state index in [-0.39, 0.29) is 13.2 Å². The minimum Gasteiger partial charge on any atom is -0.388 e. The predicted molar refractivity (Wildman–Crippen MR) is 80.3 cm³/mol. The normalized spacial score (nSPS) is 15.3. The van der Waals surface area contributed by atoms with Crippen LogP contribution in [0.25, 0.3) is 0 Å². The van der Waals surface area contributed by atoms with Crippen LogP contribution in [0.5, 0.6) is 0 Å². The molecule has 1 atom stereocenters. The zero-order valence-electron chi connectivity index (χ0n) is 12.5. The third-order valence-electron chi connectivity index (χ3n) is 3.09. The van der Waals surface area contributed by atoms with Crippen LogP contribution in [0, 0.1) is 0 Å². The fourth-order valence-corrected chi connectivity index (χ4v) is 6.89. The zero-order chi connectivity index (χ0) is 15.3. The van der Waals surface area contributed by atoms with Crippen LogP contribution in [-0.4, -0.2) is 62.8 Å². The van der Waals surface area contributed by atoms with Gasteiger partial charge in [0.1, 0.15) is 20.4 Å². The largest absolute Gasteiger partial charge is 0.388 e. The Morgan fingerprint density at radius 2 is 1.68 bits per heavy atom. The van der Waals surface area contributed by atoms with Crippen molar-refractivity contribution in [3.05, 3.63) is 12.7 Å². The average molecular weight is 312 g/mol. The maximum absolute atomic E-state index is 12.3. The van der Waals surface area contributed by atoms with Crippen LogP contribution < -0.4 is 0 Å². The van der Waals surface area contributed by atoms with Gasteiger partial charge in [0.05, 0.1) is 19.8 Å². The Morgan fingerprint density at radius 1 is 1.21 bits per heavy atom. The highest BCUT2D eigenvalue weighted by Gasteiger charge is 2.48. The summed E-state index contributed by atoms with van der Waals surface area (Å²) in [6, 6.07) is 0. The standard InChI is InChI=1S/C12H26O5P2/c1-7-8-16-9-11(13)10-17-12(2,18(3,4)14)19(5,6)15/h7,11,13H,1,8-10H2,2-6H3. The van der Waals surface area contributed by atoms with Crippen LogP contribution >= 0.6 is 14.3 Å². The van der Waals surface area contributed by atoms with Gasteiger partial charge in [0.25, 0.3) is 0 Å². The van der Waals surface area contributed by atoms with Crippen molar-refractivity contribution in [3.8, 4) is 0 Å². The molecule has 1 unspecified atom stereocenters. The van der Waals surface area contributed by atoms with E-state index < -0.39 is 25.5 Å². The minimum atomic E-state index is -2.75. The second-order valence-corrected chi connectivity index (χ2v) is 12.9. The van der Waals surface area contributed by atoms with Gasteiger partial charge in [0, 0.05) is 0 Å². The summed E-state index contributed by atoms with van der Waals surface area (Å²) >= 11 is 0. The van der Waals surface area contributed by atoms with Crippen LogP contribution in [0.15, 0.2) is 12.7 Å². The molecule has 7 heteroatoms. The van der Waals surface area contributed by atoms with Crippen molar-refractivity contribution in [2.24, 2.45) is 0 Å². The fourth-order valence-electron chi connectivity index (χ4n) is 1.48. The van der Waals surface area contributed by atoms with Crippen LogP contribution in [0.1, 0.15) is 6.92 Å². The molecule has 114 valence electrons. The van der Waals surface area contributed by atoms with Gasteiger partial charge in [-0.15, -0.1) is 6.58 Å². The predicted octanol–water partition coefficient (Wildman–Crippen LogP) is 2.49. The number of aliphatic hydroxyl groups is 1. The summed E-state index contributed by atoms with van der Waals surface area (Å²) in [5.74, 6) is 0. The third-order valence-corrected chi connectivity index (χ3v) is 10.2. The SMILES string of the molecule is C=CCOCC(O)COC(C)(P(C)(C)=O)P(C)(C)=O. The first-order chi connectivity index (χ1) is 8.45. The Hall–Kier alpha value is 0.0800. The molecule has 0 aliphatic carbocycles. The van der Waals surface area contributed by atoms with Gasteiger partial charge in [-0.1, -0.05) is 6.08 Å². The molecule has 0 saturated carbocycles. The molecule has 0 rings (SSSR count). The summed E-state index contributed by atoms with van der Waals surface area (Å²) in [5.41, 5.74) is 0. The minimum absolute atomic E-state index is 0.0645. The summed E-state index contributed by atoms with van der Waals surface area (Å²) < 4.78 is 35.3. The Kier molecular flexibility index (Phi) is 7.22. The monoisotopic (exact) mass is 312 g/mol. The van der Waals surface area contributed by atoms with Gasteiger partial charge in [-0.3, -0.25) is 0 Å². The number of hydrogen-bond acceptors (Lipinski definition) is 5. The van der Waals surface area contributed by atoms with Gasteiger partial charge in [-0.05, 0) is 33.6 Å². The van der Waals surface area contributed by atoms with Gasteiger partial charge >= 0.3 is 0 Å². The summed E-state index contributed by atoms with van der Waals surface area (Å²) in [4.78, 5) is 0. The van der Waals surface area contributed by atoms with Gasteiger partial charge in [0.2, 0.25) is 0 Å². The van der Waals surface area contributed by atoms with E-state index in [1.807, 2.05) is 0 Å². The van der Waals surface area contributed by atoms with E-state index in [1.165, 1.54) is 0 Å². The average Bonchev–Trinajstić information content (AvgIpc) is 2.23.